The van der Waals surface area contributed by atoms with E-state index in [4.69, 9.17) is 4.74 Å². The van der Waals surface area contributed by atoms with Crippen LogP contribution >= 0.6 is 0 Å². The van der Waals surface area contributed by atoms with Crippen molar-refractivity contribution in [2.75, 3.05) is 23.9 Å². The number of hydrogen-bond donors (Lipinski definition) is 1. The average molecular weight is 521 g/mol. The quantitative estimate of drug-likeness (QED) is 0.538. The van der Waals surface area contributed by atoms with E-state index in [1.165, 1.54) is 6.92 Å². The Morgan fingerprint density at radius 3 is 2.49 bits per heavy atom. The predicted molar refractivity (Wildman–Crippen MR) is 116 cm³/mol. The normalized spacial score (nSPS) is 16.4. The highest BCUT2D eigenvalue weighted by molar-refractivity contribution is 7.92. The number of hydrogen-bond acceptors (Lipinski definition) is 8. The molecule has 35 heavy (non-hydrogen) atoms. The van der Waals surface area contributed by atoms with Crippen LogP contribution in [-0.2, 0) is 35.3 Å². The molecule has 1 atom stereocenters. The number of alkyl halides is 3. The van der Waals surface area contributed by atoms with E-state index in [0.717, 1.165) is 6.07 Å². The van der Waals surface area contributed by atoms with Gasteiger partial charge in [0.1, 0.15) is 0 Å². The minimum absolute atomic E-state index is 0.0135. The number of sulfonamides is 1. The first-order valence-corrected chi connectivity index (χ1v) is 12.3. The number of carbonyl (C=O) groups is 2. The molecule has 0 saturated carbocycles. The van der Waals surface area contributed by atoms with Gasteiger partial charge >= 0.3 is 17.8 Å². The van der Waals surface area contributed by atoms with Crippen LogP contribution < -0.4 is 15.7 Å². The van der Waals surface area contributed by atoms with Crippen LogP contribution in [0.2, 0.25) is 0 Å². The van der Waals surface area contributed by atoms with Gasteiger partial charge in [-0.1, -0.05) is 0 Å². The number of benzene rings is 1. The molecule has 1 aromatic carbocycles. The van der Waals surface area contributed by atoms with Gasteiger partial charge in [0.2, 0.25) is 0 Å². The van der Waals surface area contributed by atoms with Gasteiger partial charge in [-0.25, -0.2) is 13.2 Å². The molecule has 1 aliphatic rings. The molecule has 2 aromatic rings. The van der Waals surface area contributed by atoms with Crippen molar-refractivity contribution in [2.24, 2.45) is 0 Å². The summed E-state index contributed by atoms with van der Waals surface area (Å²) < 4.78 is 75.7. The number of aromatic amines is 1. The summed E-state index contributed by atoms with van der Waals surface area (Å²) in [5.41, 5.74) is -4.77. The molecular formula is C20H22F3N3O8S. The van der Waals surface area contributed by atoms with Crippen molar-refractivity contribution in [3.05, 3.63) is 44.1 Å². The molecule has 1 N–H and O–H groups in total. The number of esters is 1. The van der Waals surface area contributed by atoms with E-state index in [1.54, 1.807) is 0 Å². The highest BCUT2D eigenvalue weighted by atomic mass is 32.2. The van der Waals surface area contributed by atoms with E-state index in [1.807, 2.05) is 4.98 Å². The molecule has 1 fully saturated rings. The van der Waals surface area contributed by atoms with Crippen LogP contribution in [-0.4, -0.2) is 49.4 Å². The number of fused-ring (bicyclic) bond motifs is 1. The van der Waals surface area contributed by atoms with Gasteiger partial charge in [-0.05, 0) is 37.5 Å². The molecular weight excluding hydrogens is 499 g/mol. The molecule has 0 bridgehead atoms. The number of halogens is 3. The van der Waals surface area contributed by atoms with Crippen LogP contribution in [0, 0.1) is 0 Å². The topological polar surface area (TPSA) is 145 Å². The number of H-pyrrole nitrogens is 1. The van der Waals surface area contributed by atoms with Gasteiger partial charge in [-0.15, -0.1) is 9.09 Å². The Kier molecular flexibility index (Phi) is 7.40. The summed E-state index contributed by atoms with van der Waals surface area (Å²) in [5.74, 6) is -2.10. The van der Waals surface area contributed by atoms with Crippen molar-refractivity contribution in [3.8, 4) is 0 Å². The fourth-order valence-electron chi connectivity index (χ4n) is 3.75. The van der Waals surface area contributed by atoms with E-state index in [2.05, 4.69) is 4.74 Å². The van der Waals surface area contributed by atoms with Gasteiger partial charge < -0.3 is 14.5 Å². The van der Waals surface area contributed by atoms with Crippen LogP contribution in [0.5, 0.6) is 0 Å². The third kappa shape index (κ3) is 5.56. The van der Waals surface area contributed by atoms with Crippen molar-refractivity contribution in [1.82, 2.24) is 9.66 Å². The number of nitrogens with one attached hydrogen (secondary N) is 1. The van der Waals surface area contributed by atoms with Gasteiger partial charge in [-0.3, -0.25) is 14.4 Å². The van der Waals surface area contributed by atoms with Crippen LogP contribution in [0.4, 0.5) is 13.2 Å². The maximum Gasteiger partial charge on any atom is 0.416 e. The van der Waals surface area contributed by atoms with Crippen LogP contribution in [0.3, 0.4) is 0 Å². The number of rotatable bonds is 7. The van der Waals surface area contributed by atoms with Crippen molar-refractivity contribution >= 4 is 32.8 Å². The molecule has 1 saturated heterocycles. The summed E-state index contributed by atoms with van der Waals surface area (Å²) in [5, 5.41) is -0.463. The molecule has 0 spiro atoms. The highest BCUT2D eigenvalue weighted by Gasteiger charge is 2.38. The zero-order chi connectivity index (χ0) is 26.1. The zero-order valence-corrected chi connectivity index (χ0v) is 19.5. The fraction of sp³-hybridized carbons (Fsp3) is 0.500. The van der Waals surface area contributed by atoms with E-state index >= 15 is 0 Å². The van der Waals surface area contributed by atoms with Crippen LogP contribution in [0.1, 0.15) is 49.8 Å². The van der Waals surface area contributed by atoms with Crippen LogP contribution in [0.15, 0.2) is 21.7 Å². The molecule has 0 radical (unpaired) electrons. The third-order valence-corrected chi connectivity index (χ3v) is 6.18. The summed E-state index contributed by atoms with van der Waals surface area (Å²) in [6.07, 6.45) is -5.74. The number of amides is 1. The second-order valence-electron chi connectivity index (χ2n) is 7.74. The molecule has 192 valence electrons. The van der Waals surface area contributed by atoms with Gasteiger partial charge in [-0.2, -0.15) is 13.2 Å². The maximum absolute atomic E-state index is 13.7. The van der Waals surface area contributed by atoms with Gasteiger partial charge in [0.25, 0.3) is 21.5 Å². The summed E-state index contributed by atoms with van der Waals surface area (Å²) in [6.45, 7) is 1.75. The van der Waals surface area contributed by atoms with Crippen molar-refractivity contribution in [3.63, 3.8) is 0 Å². The summed E-state index contributed by atoms with van der Waals surface area (Å²) in [4.78, 5) is 52.1. The molecule has 11 nitrogen and oxygen atoms in total. The molecule has 1 aliphatic heterocycles. The lowest BCUT2D eigenvalue weighted by molar-refractivity contribution is -0.144. The predicted octanol–water partition coefficient (Wildman–Crippen LogP) is 1.33. The first-order valence-electron chi connectivity index (χ1n) is 10.5. The Bertz CT molecular complexity index is 1370. The first kappa shape index (κ1) is 26.4. The van der Waals surface area contributed by atoms with Gasteiger partial charge in [0.05, 0.1) is 41.9 Å². The molecule has 0 aliphatic carbocycles. The van der Waals surface area contributed by atoms with Gasteiger partial charge in [0, 0.05) is 13.0 Å². The summed E-state index contributed by atoms with van der Waals surface area (Å²) in [7, 11) is -4.58. The highest BCUT2D eigenvalue weighted by Crippen LogP contribution is 2.40. The molecule has 15 heteroatoms. The lowest BCUT2D eigenvalue weighted by Crippen LogP contribution is -2.55. The second kappa shape index (κ2) is 9.81. The second-order valence-corrected chi connectivity index (χ2v) is 9.55. The van der Waals surface area contributed by atoms with E-state index < -0.39 is 74.7 Å². The molecule has 2 heterocycles. The lowest BCUT2D eigenvalue weighted by atomic mass is 9.97. The molecule has 0 unspecified atom stereocenters. The Morgan fingerprint density at radius 2 is 1.94 bits per heavy atom. The first-order chi connectivity index (χ1) is 16.3. The Labute approximate surface area is 196 Å². The Balaban J connectivity index is 2.20. The minimum atomic E-state index is -4.83. The summed E-state index contributed by atoms with van der Waals surface area (Å²) in [6, 6.07) is 1.46. The number of nitrogens with zero attached hydrogens (tertiary/aromatic N) is 2. The average Bonchev–Trinajstić information content (AvgIpc) is 3.27. The minimum Gasteiger partial charge on any atom is -0.466 e. The summed E-state index contributed by atoms with van der Waals surface area (Å²) >= 11 is 0. The van der Waals surface area contributed by atoms with Crippen molar-refractivity contribution < 1.29 is 40.7 Å². The number of ether oxygens (including phenoxy) is 2. The van der Waals surface area contributed by atoms with E-state index in [9.17, 15) is 40.8 Å². The molecule has 1 amide bonds. The van der Waals surface area contributed by atoms with Gasteiger partial charge in [0.15, 0.2) is 0 Å². The van der Waals surface area contributed by atoms with Crippen molar-refractivity contribution in [2.45, 2.75) is 44.9 Å². The fourth-order valence-corrected chi connectivity index (χ4v) is 4.66. The number of carbonyl (C=O) groups excluding carboxylic acids is 2. The zero-order valence-electron chi connectivity index (χ0n) is 18.7. The largest absolute Gasteiger partial charge is 0.466 e. The Morgan fingerprint density at radius 1 is 1.26 bits per heavy atom. The van der Waals surface area contributed by atoms with Crippen LogP contribution in [0.25, 0.3) is 10.9 Å². The van der Waals surface area contributed by atoms with E-state index in [-0.39, 0.29) is 34.3 Å². The SMILES string of the molecule is CCOC(=O)CCC(=O)N(n1c(=O)[nH]c2cc(C(F)(F)F)c([C@H]3CCCO3)cc2c1=O)S(C)(=O)=O. The van der Waals surface area contributed by atoms with E-state index in [0.29, 0.717) is 18.7 Å². The maximum atomic E-state index is 13.7. The Hall–Kier alpha value is -3.20. The smallest absolute Gasteiger partial charge is 0.416 e. The third-order valence-electron chi connectivity index (χ3n) is 5.19. The number of aromatic nitrogens is 2. The standard InChI is InChI=1S/C20H22F3N3O8S/c1-3-33-17(28)7-6-16(27)26(35(2,31)32)25-18(29)12-9-11(15-5-4-8-34-15)13(20(21,22)23)10-14(12)24-19(25)30/h9-10,15H,3-8H2,1-2H3,(H,24,30)/t15-/m1/s1. The monoisotopic (exact) mass is 521 g/mol. The molecule has 1 aromatic heterocycles. The van der Waals surface area contributed by atoms with Crippen molar-refractivity contribution in [1.29, 1.82) is 0 Å². The molecule has 3 rings (SSSR count). The lowest BCUT2D eigenvalue weighted by Gasteiger charge is -2.22.